The summed E-state index contributed by atoms with van der Waals surface area (Å²) in [5.41, 5.74) is 1.44. The summed E-state index contributed by atoms with van der Waals surface area (Å²) < 4.78 is 27.1. The van der Waals surface area contributed by atoms with E-state index in [4.69, 9.17) is 11.6 Å². The van der Waals surface area contributed by atoms with Crippen molar-refractivity contribution in [3.63, 3.8) is 0 Å². The number of aryl methyl sites for hydroxylation is 1. The van der Waals surface area contributed by atoms with Gasteiger partial charge < -0.3 is 5.32 Å². The van der Waals surface area contributed by atoms with Gasteiger partial charge in [-0.1, -0.05) is 6.07 Å². The number of rotatable bonds is 5. The maximum atomic E-state index is 12.2. The molecule has 1 heterocycles. The first-order valence-electron chi connectivity index (χ1n) is 6.82. The van der Waals surface area contributed by atoms with Crippen LogP contribution in [0.3, 0.4) is 0 Å². The van der Waals surface area contributed by atoms with E-state index in [2.05, 4.69) is 20.0 Å². The molecule has 2 N–H and O–H groups in total. The Kier molecular flexibility index (Phi) is 4.03. The van der Waals surface area contributed by atoms with Crippen molar-refractivity contribution in [3.05, 3.63) is 41.3 Å². The largest absolute Gasteiger partial charge is 0.340 e. The van der Waals surface area contributed by atoms with Crippen molar-refractivity contribution >= 4 is 33.1 Å². The fourth-order valence-corrected chi connectivity index (χ4v) is 3.40. The molecule has 1 aliphatic rings. The molecule has 22 heavy (non-hydrogen) atoms. The van der Waals surface area contributed by atoms with E-state index in [1.165, 1.54) is 0 Å². The van der Waals surface area contributed by atoms with Gasteiger partial charge >= 0.3 is 0 Å². The lowest BCUT2D eigenvalue weighted by Gasteiger charge is -2.10. The first kappa shape index (κ1) is 15.2. The summed E-state index contributed by atoms with van der Waals surface area (Å²) in [6, 6.07) is 6.66. The summed E-state index contributed by atoms with van der Waals surface area (Å²) >= 11 is 5.78. The number of anilines is 2. The number of aromatic nitrogens is 2. The number of benzene rings is 1. The van der Waals surface area contributed by atoms with Crippen molar-refractivity contribution in [2.45, 2.75) is 30.7 Å². The Labute approximate surface area is 134 Å². The van der Waals surface area contributed by atoms with Gasteiger partial charge in [-0.05, 0) is 49.6 Å². The molecule has 8 heteroatoms. The quantitative estimate of drug-likeness (QED) is 0.819. The second-order valence-corrected chi connectivity index (χ2v) is 7.27. The van der Waals surface area contributed by atoms with Crippen molar-refractivity contribution in [2.24, 2.45) is 0 Å². The van der Waals surface area contributed by atoms with Gasteiger partial charge in [-0.3, -0.25) is 0 Å². The highest BCUT2D eigenvalue weighted by Crippen LogP contribution is 2.25. The van der Waals surface area contributed by atoms with E-state index in [-0.39, 0.29) is 16.2 Å². The molecule has 1 aliphatic carbocycles. The number of sulfonamides is 1. The van der Waals surface area contributed by atoms with Crippen molar-refractivity contribution < 1.29 is 8.42 Å². The Morgan fingerprint density at radius 2 is 2.09 bits per heavy atom. The number of hydrogen-bond donors (Lipinski definition) is 2. The molecule has 1 saturated carbocycles. The third kappa shape index (κ3) is 3.55. The second kappa shape index (κ2) is 5.83. The highest BCUT2D eigenvalue weighted by Gasteiger charge is 2.28. The van der Waals surface area contributed by atoms with Gasteiger partial charge in [0.2, 0.25) is 15.3 Å². The standard InChI is InChI=1S/C14H15ClN4O2S/c1-9-8-16-14(15)18-13(9)17-11-3-2-4-12(7-11)22(20,21)19-10-5-6-10/h2-4,7-8,10,19H,5-6H2,1H3,(H,16,17,18). The van der Waals surface area contributed by atoms with Crippen LogP contribution < -0.4 is 10.0 Å². The minimum absolute atomic E-state index is 0.0736. The zero-order chi connectivity index (χ0) is 15.7. The van der Waals surface area contributed by atoms with Gasteiger partial charge in [0.25, 0.3) is 0 Å². The Morgan fingerprint density at radius 3 is 2.82 bits per heavy atom. The Morgan fingerprint density at radius 1 is 1.32 bits per heavy atom. The monoisotopic (exact) mass is 338 g/mol. The van der Waals surface area contributed by atoms with Crippen LogP contribution in [0.5, 0.6) is 0 Å². The van der Waals surface area contributed by atoms with Crippen LogP contribution in [-0.4, -0.2) is 24.4 Å². The molecule has 0 bridgehead atoms. The molecule has 0 saturated heterocycles. The van der Waals surface area contributed by atoms with Gasteiger partial charge in [-0.25, -0.2) is 23.1 Å². The van der Waals surface area contributed by atoms with E-state index in [1.54, 1.807) is 30.5 Å². The van der Waals surface area contributed by atoms with E-state index in [0.29, 0.717) is 11.5 Å². The van der Waals surface area contributed by atoms with Crippen molar-refractivity contribution in [1.29, 1.82) is 0 Å². The molecule has 0 aliphatic heterocycles. The van der Waals surface area contributed by atoms with Crippen LogP contribution in [-0.2, 0) is 10.0 Å². The summed E-state index contributed by atoms with van der Waals surface area (Å²) in [5.74, 6) is 0.546. The normalized spacial score (nSPS) is 14.8. The fraction of sp³-hybridized carbons (Fsp3) is 0.286. The van der Waals surface area contributed by atoms with Crippen LogP contribution >= 0.6 is 11.6 Å². The van der Waals surface area contributed by atoms with Crippen LogP contribution in [0.2, 0.25) is 5.28 Å². The van der Waals surface area contributed by atoms with Gasteiger partial charge in [0.15, 0.2) is 0 Å². The van der Waals surface area contributed by atoms with E-state index < -0.39 is 10.0 Å². The summed E-state index contributed by atoms with van der Waals surface area (Å²) in [6.07, 6.45) is 3.40. The average Bonchev–Trinajstić information content (AvgIpc) is 3.26. The molecule has 0 unspecified atom stereocenters. The summed E-state index contributed by atoms with van der Waals surface area (Å²) in [4.78, 5) is 8.21. The predicted octanol–water partition coefficient (Wildman–Crippen LogP) is 2.62. The number of nitrogens with zero attached hydrogens (tertiary/aromatic N) is 2. The lowest BCUT2D eigenvalue weighted by molar-refractivity contribution is 0.581. The minimum atomic E-state index is -3.48. The van der Waals surface area contributed by atoms with Crippen LogP contribution in [0.4, 0.5) is 11.5 Å². The molecule has 1 aromatic carbocycles. The molecule has 0 atom stereocenters. The smallest absolute Gasteiger partial charge is 0.240 e. The molecular weight excluding hydrogens is 324 g/mol. The van der Waals surface area contributed by atoms with Crippen molar-refractivity contribution in [1.82, 2.24) is 14.7 Å². The van der Waals surface area contributed by atoms with Crippen LogP contribution in [0.15, 0.2) is 35.4 Å². The molecule has 1 aromatic heterocycles. The molecule has 0 radical (unpaired) electrons. The van der Waals surface area contributed by atoms with Crippen LogP contribution in [0.25, 0.3) is 0 Å². The molecule has 0 spiro atoms. The third-order valence-corrected chi connectivity index (χ3v) is 4.95. The van der Waals surface area contributed by atoms with Crippen LogP contribution in [0, 0.1) is 6.92 Å². The third-order valence-electron chi connectivity index (χ3n) is 3.25. The molecule has 2 aromatic rings. The van der Waals surface area contributed by atoms with Gasteiger partial charge in [0.1, 0.15) is 5.82 Å². The summed E-state index contributed by atoms with van der Waals surface area (Å²) in [6.45, 7) is 1.84. The van der Waals surface area contributed by atoms with Gasteiger partial charge in [0.05, 0.1) is 4.90 Å². The summed E-state index contributed by atoms with van der Waals surface area (Å²) in [7, 11) is -3.48. The average molecular weight is 339 g/mol. The molecular formula is C14H15ClN4O2S. The zero-order valence-corrected chi connectivity index (χ0v) is 13.4. The summed E-state index contributed by atoms with van der Waals surface area (Å²) in [5, 5.41) is 3.20. The Bertz CT molecular complexity index is 806. The topological polar surface area (TPSA) is 84.0 Å². The zero-order valence-electron chi connectivity index (χ0n) is 11.9. The fourth-order valence-electron chi connectivity index (χ4n) is 1.91. The Hall–Kier alpha value is -1.70. The molecule has 116 valence electrons. The SMILES string of the molecule is Cc1cnc(Cl)nc1Nc1cccc(S(=O)(=O)NC2CC2)c1. The first-order chi connectivity index (χ1) is 10.4. The van der Waals surface area contributed by atoms with E-state index in [9.17, 15) is 8.42 Å². The molecule has 6 nitrogen and oxygen atoms in total. The lowest BCUT2D eigenvalue weighted by Crippen LogP contribution is -2.25. The molecule has 3 rings (SSSR count). The van der Waals surface area contributed by atoms with E-state index in [0.717, 1.165) is 18.4 Å². The second-order valence-electron chi connectivity index (χ2n) is 5.22. The maximum Gasteiger partial charge on any atom is 0.240 e. The predicted molar refractivity (Wildman–Crippen MR) is 84.8 cm³/mol. The molecule has 1 fully saturated rings. The van der Waals surface area contributed by atoms with Crippen LogP contribution in [0.1, 0.15) is 18.4 Å². The van der Waals surface area contributed by atoms with Gasteiger partial charge in [0, 0.05) is 23.5 Å². The number of halogens is 1. The lowest BCUT2D eigenvalue weighted by atomic mass is 10.3. The highest BCUT2D eigenvalue weighted by molar-refractivity contribution is 7.89. The number of nitrogens with one attached hydrogen (secondary N) is 2. The van der Waals surface area contributed by atoms with E-state index >= 15 is 0 Å². The highest BCUT2D eigenvalue weighted by atomic mass is 35.5. The first-order valence-corrected chi connectivity index (χ1v) is 8.69. The minimum Gasteiger partial charge on any atom is -0.340 e. The number of hydrogen-bond acceptors (Lipinski definition) is 5. The van der Waals surface area contributed by atoms with Gasteiger partial charge in [-0.15, -0.1) is 0 Å². The Balaban J connectivity index is 1.86. The van der Waals surface area contributed by atoms with E-state index in [1.807, 2.05) is 6.92 Å². The molecule has 0 amide bonds. The van der Waals surface area contributed by atoms with Crippen molar-refractivity contribution in [2.75, 3.05) is 5.32 Å². The van der Waals surface area contributed by atoms with Crippen molar-refractivity contribution in [3.8, 4) is 0 Å². The van der Waals surface area contributed by atoms with Gasteiger partial charge in [-0.2, -0.15) is 0 Å². The maximum absolute atomic E-state index is 12.2.